The van der Waals surface area contributed by atoms with Gasteiger partial charge in [-0.05, 0) is 25.0 Å². The molecule has 1 aromatic carbocycles. The molecule has 0 bridgehead atoms. The van der Waals surface area contributed by atoms with Crippen LogP contribution in [0.4, 0.5) is 0 Å². The summed E-state index contributed by atoms with van der Waals surface area (Å²) in [6, 6.07) is 6.76. The number of hydrogen-bond donors (Lipinski definition) is 3. The van der Waals surface area contributed by atoms with Gasteiger partial charge in [-0.15, -0.1) is 0 Å². The summed E-state index contributed by atoms with van der Waals surface area (Å²) in [4.78, 5) is 11.9. The Hall–Kier alpha value is -2.08. The van der Waals surface area contributed by atoms with Gasteiger partial charge in [0.15, 0.2) is 5.84 Å². The number of nitrogens with one attached hydrogen (secondary N) is 1. The van der Waals surface area contributed by atoms with E-state index in [4.69, 9.17) is 15.7 Å². The van der Waals surface area contributed by atoms with Crippen LogP contribution in [-0.2, 0) is 4.74 Å². The minimum atomic E-state index is -0.120. The number of ether oxygens (including phenoxy) is 1. The van der Waals surface area contributed by atoms with Crippen LogP contribution < -0.4 is 11.1 Å². The molecule has 1 aliphatic rings. The minimum Gasteiger partial charge on any atom is -0.409 e. The number of nitrogens with zero attached hydrogens (tertiary/aromatic N) is 1. The first-order chi connectivity index (χ1) is 9.13. The van der Waals surface area contributed by atoms with Gasteiger partial charge in [0.2, 0.25) is 0 Å². The van der Waals surface area contributed by atoms with Crippen LogP contribution in [0.15, 0.2) is 29.4 Å². The molecule has 0 unspecified atom stereocenters. The van der Waals surface area contributed by atoms with E-state index in [1.807, 2.05) is 0 Å². The first kappa shape index (κ1) is 13.4. The third kappa shape index (κ3) is 3.03. The third-order valence-electron chi connectivity index (χ3n) is 3.31. The van der Waals surface area contributed by atoms with E-state index in [9.17, 15) is 4.79 Å². The molecular weight excluding hydrogens is 246 g/mol. The summed E-state index contributed by atoms with van der Waals surface area (Å²) in [6.45, 7) is 0. The Morgan fingerprint density at radius 1 is 1.37 bits per heavy atom. The van der Waals surface area contributed by atoms with E-state index < -0.39 is 0 Å². The van der Waals surface area contributed by atoms with Crippen LogP contribution in [0.3, 0.4) is 0 Å². The fourth-order valence-electron chi connectivity index (χ4n) is 1.99. The molecule has 0 aliphatic heterocycles. The number of hydrogen-bond acceptors (Lipinski definition) is 4. The zero-order valence-electron chi connectivity index (χ0n) is 10.7. The molecule has 102 valence electrons. The Morgan fingerprint density at radius 2 is 1.95 bits per heavy atom. The van der Waals surface area contributed by atoms with Gasteiger partial charge in [-0.3, -0.25) is 4.79 Å². The number of amidine groups is 1. The van der Waals surface area contributed by atoms with E-state index >= 15 is 0 Å². The molecular formula is C13H17N3O3. The number of rotatable bonds is 4. The summed E-state index contributed by atoms with van der Waals surface area (Å²) in [5, 5.41) is 14.4. The van der Waals surface area contributed by atoms with Crippen molar-refractivity contribution in [2.75, 3.05) is 7.11 Å². The van der Waals surface area contributed by atoms with Crippen molar-refractivity contribution in [1.82, 2.24) is 5.32 Å². The van der Waals surface area contributed by atoms with Crippen LogP contribution in [0.25, 0.3) is 0 Å². The summed E-state index contributed by atoms with van der Waals surface area (Å²) in [5.74, 6) is -0.0977. The minimum absolute atomic E-state index is 0.0221. The first-order valence-corrected chi connectivity index (χ1v) is 6.05. The largest absolute Gasteiger partial charge is 0.409 e. The predicted molar refractivity (Wildman–Crippen MR) is 70.2 cm³/mol. The van der Waals surface area contributed by atoms with Crippen LogP contribution in [0.5, 0.6) is 0 Å². The molecule has 1 aliphatic carbocycles. The molecule has 0 atom stereocenters. The molecule has 0 radical (unpaired) electrons. The van der Waals surface area contributed by atoms with Gasteiger partial charge >= 0.3 is 0 Å². The van der Waals surface area contributed by atoms with Gasteiger partial charge in [0.25, 0.3) is 5.91 Å². The fourth-order valence-corrected chi connectivity index (χ4v) is 1.99. The van der Waals surface area contributed by atoms with E-state index in [1.54, 1.807) is 31.4 Å². The maximum atomic E-state index is 11.9. The predicted octanol–water partition coefficient (Wildman–Crippen LogP) is 0.688. The van der Waals surface area contributed by atoms with Gasteiger partial charge < -0.3 is 21.0 Å². The lowest BCUT2D eigenvalue weighted by atomic mass is 9.89. The van der Waals surface area contributed by atoms with Crippen LogP contribution in [0.1, 0.15) is 28.8 Å². The Labute approximate surface area is 111 Å². The smallest absolute Gasteiger partial charge is 0.251 e. The maximum absolute atomic E-state index is 11.9. The SMILES string of the molecule is COC1CC(NC(=O)c2ccc(/C(N)=N/O)cc2)C1. The normalized spacial score (nSPS) is 22.7. The Kier molecular flexibility index (Phi) is 4.01. The van der Waals surface area contributed by atoms with Crippen LogP contribution in [-0.4, -0.2) is 36.2 Å². The lowest BCUT2D eigenvalue weighted by molar-refractivity contribution is 0.0176. The van der Waals surface area contributed by atoms with Crippen molar-refractivity contribution in [1.29, 1.82) is 0 Å². The monoisotopic (exact) mass is 263 g/mol. The summed E-state index contributed by atoms with van der Waals surface area (Å²) in [6.07, 6.45) is 1.96. The molecule has 0 aromatic heterocycles. The quantitative estimate of drug-likeness (QED) is 0.322. The molecule has 1 saturated carbocycles. The molecule has 1 amide bonds. The first-order valence-electron chi connectivity index (χ1n) is 6.05. The molecule has 2 rings (SSSR count). The summed E-state index contributed by atoms with van der Waals surface area (Å²) in [7, 11) is 1.68. The van der Waals surface area contributed by atoms with E-state index in [0.717, 1.165) is 12.8 Å². The highest BCUT2D eigenvalue weighted by Crippen LogP contribution is 2.22. The standard InChI is InChI=1S/C13H17N3O3/c1-19-11-6-10(7-11)15-13(17)9-4-2-8(3-5-9)12(14)16-18/h2-5,10-11,18H,6-7H2,1H3,(H2,14,16)(H,15,17). The molecule has 1 aromatic rings. The van der Waals surface area contributed by atoms with Crippen LogP contribution in [0.2, 0.25) is 0 Å². The Bertz CT molecular complexity index is 478. The number of benzene rings is 1. The summed E-state index contributed by atoms with van der Waals surface area (Å²) in [5.41, 5.74) is 6.57. The molecule has 4 N–H and O–H groups in total. The molecule has 0 heterocycles. The van der Waals surface area contributed by atoms with Crippen molar-refractivity contribution < 1.29 is 14.7 Å². The average Bonchev–Trinajstić information content (AvgIpc) is 2.41. The molecule has 1 fully saturated rings. The van der Waals surface area contributed by atoms with Gasteiger partial charge in [-0.1, -0.05) is 17.3 Å². The highest BCUT2D eigenvalue weighted by atomic mass is 16.5. The molecule has 0 saturated heterocycles. The van der Waals surface area contributed by atoms with E-state index in [0.29, 0.717) is 11.1 Å². The maximum Gasteiger partial charge on any atom is 0.251 e. The number of amides is 1. The van der Waals surface area contributed by atoms with Crippen LogP contribution >= 0.6 is 0 Å². The van der Waals surface area contributed by atoms with E-state index in [1.165, 1.54) is 0 Å². The van der Waals surface area contributed by atoms with Crippen molar-refractivity contribution in [3.05, 3.63) is 35.4 Å². The number of carbonyl (C=O) groups is 1. The second-order valence-corrected chi connectivity index (χ2v) is 4.56. The Balaban J connectivity index is 1.93. The third-order valence-corrected chi connectivity index (χ3v) is 3.31. The van der Waals surface area contributed by atoms with E-state index in [2.05, 4.69) is 10.5 Å². The topological polar surface area (TPSA) is 96.9 Å². The highest BCUT2D eigenvalue weighted by molar-refractivity contribution is 5.99. The van der Waals surface area contributed by atoms with Gasteiger partial charge in [-0.2, -0.15) is 0 Å². The molecule has 19 heavy (non-hydrogen) atoms. The molecule has 6 nitrogen and oxygen atoms in total. The van der Waals surface area contributed by atoms with Crippen molar-refractivity contribution in [3.8, 4) is 0 Å². The second-order valence-electron chi connectivity index (χ2n) is 4.56. The van der Waals surface area contributed by atoms with Crippen LogP contribution in [0, 0.1) is 0 Å². The second kappa shape index (κ2) is 5.71. The highest BCUT2D eigenvalue weighted by Gasteiger charge is 2.30. The lowest BCUT2D eigenvalue weighted by Gasteiger charge is -2.34. The van der Waals surface area contributed by atoms with Crippen molar-refractivity contribution >= 4 is 11.7 Å². The van der Waals surface area contributed by atoms with Gasteiger partial charge in [0.05, 0.1) is 6.10 Å². The Morgan fingerprint density at radius 3 is 2.47 bits per heavy atom. The molecule has 0 spiro atoms. The zero-order chi connectivity index (χ0) is 13.8. The van der Waals surface area contributed by atoms with E-state index in [-0.39, 0.29) is 23.9 Å². The number of methoxy groups -OCH3 is 1. The van der Waals surface area contributed by atoms with Gasteiger partial charge in [0, 0.05) is 24.3 Å². The number of carbonyl (C=O) groups excluding carboxylic acids is 1. The summed E-state index contributed by atoms with van der Waals surface area (Å²) >= 11 is 0. The average molecular weight is 263 g/mol. The molecule has 6 heteroatoms. The summed E-state index contributed by atoms with van der Waals surface area (Å²) < 4.78 is 5.16. The lowest BCUT2D eigenvalue weighted by Crippen LogP contribution is -2.47. The number of oxime groups is 1. The fraction of sp³-hybridized carbons (Fsp3) is 0.385. The zero-order valence-corrected chi connectivity index (χ0v) is 10.7. The van der Waals surface area contributed by atoms with Crippen molar-refractivity contribution in [3.63, 3.8) is 0 Å². The van der Waals surface area contributed by atoms with Gasteiger partial charge in [-0.25, -0.2) is 0 Å². The van der Waals surface area contributed by atoms with Crippen molar-refractivity contribution in [2.45, 2.75) is 25.0 Å². The number of nitrogens with two attached hydrogens (primary N) is 1. The van der Waals surface area contributed by atoms with Gasteiger partial charge in [0.1, 0.15) is 0 Å². The van der Waals surface area contributed by atoms with Crippen molar-refractivity contribution in [2.24, 2.45) is 10.9 Å².